The highest BCUT2D eigenvalue weighted by Gasteiger charge is 2.37. The van der Waals surface area contributed by atoms with Crippen LogP contribution in [0.25, 0.3) is 0 Å². The first-order valence-electron chi connectivity index (χ1n) is 5.58. The number of rotatable bonds is 0. The van der Waals surface area contributed by atoms with Gasteiger partial charge in [-0.1, -0.05) is 24.3 Å². The van der Waals surface area contributed by atoms with Crippen molar-refractivity contribution in [3.05, 3.63) is 57.3 Å². The molecule has 0 spiro atoms. The summed E-state index contributed by atoms with van der Waals surface area (Å²) >= 11 is 1.95. The maximum Gasteiger partial charge on any atom is 0.0195 e. The number of hydrogen-bond donors (Lipinski definition) is 0. The maximum absolute atomic E-state index is 2.33. The van der Waals surface area contributed by atoms with Crippen LogP contribution in [-0.2, 0) is 6.42 Å². The maximum atomic E-state index is 2.33. The zero-order chi connectivity index (χ0) is 9.83. The highest BCUT2D eigenvalue weighted by molar-refractivity contribution is 7.10. The molecule has 1 aromatic carbocycles. The lowest BCUT2D eigenvalue weighted by atomic mass is 9.87. The van der Waals surface area contributed by atoms with Crippen LogP contribution < -0.4 is 0 Å². The van der Waals surface area contributed by atoms with Gasteiger partial charge < -0.3 is 0 Å². The Labute approximate surface area is 93.6 Å². The van der Waals surface area contributed by atoms with Gasteiger partial charge in [-0.25, -0.2) is 0 Å². The van der Waals surface area contributed by atoms with Crippen molar-refractivity contribution >= 4 is 11.3 Å². The smallest absolute Gasteiger partial charge is 0.0195 e. The molecule has 1 heteroatoms. The second-order valence-electron chi connectivity index (χ2n) is 4.63. The molecule has 2 bridgehead atoms. The molecule has 0 saturated carbocycles. The Balaban J connectivity index is 1.99. The van der Waals surface area contributed by atoms with E-state index in [1.54, 1.807) is 21.6 Å². The summed E-state index contributed by atoms with van der Waals surface area (Å²) in [6, 6.07) is 11.4. The van der Waals surface area contributed by atoms with Gasteiger partial charge in [0.15, 0.2) is 0 Å². The highest BCUT2D eigenvalue weighted by Crippen LogP contribution is 2.52. The molecule has 0 fully saturated rings. The predicted molar refractivity (Wildman–Crippen MR) is 63.7 cm³/mol. The molecule has 1 aromatic heterocycles. The zero-order valence-electron chi connectivity index (χ0n) is 8.44. The van der Waals surface area contributed by atoms with E-state index in [1.807, 2.05) is 11.3 Å². The summed E-state index contributed by atoms with van der Waals surface area (Å²) in [6.45, 7) is 0. The zero-order valence-corrected chi connectivity index (χ0v) is 9.26. The molecule has 15 heavy (non-hydrogen) atoms. The van der Waals surface area contributed by atoms with Crippen LogP contribution in [0.15, 0.2) is 35.7 Å². The number of thiophene rings is 1. The molecule has 2 unspecified atom stereocenters. The van der Waals surface area contributed by atoms with E-state index in [-0.39, 0.29) is 0 Å². The number of hydrogen-bond acceptors (Lipinski definition) is 1. The van der Waals surface area contributed by atoms with Crippen LogP contribution in [0.5, 0.6) is 0 Å². The third kappa shape index (κ3) is 0.967. The average molecular weight is 212 g/mol. The van der Waals surface area contributed by atoms with Crippen molar-refractivity contribution in [1.29, 1.82) is 0 Å². The average Bonchev–Trinajstić information content (AvgIpc) is 2.85. The predicted octanol–water partition coefficient (Wildman–Crippen LogP) is 3.92. The van der Waals surface area contributed by atoms with E-state index in [1.165, 1.54) is 12.8 Å². The molecule has 74 valence electrons. The van der Waals surface area contributed by atoms with Crippen LogP contribution in [0.4, 0.5) is 0 Å². The summed E-state index contributed by atoms with van der Waals surface area (Å²) in [4.78, 5) is 1.64. The van der Waals surface area contributed by atoms with Gasteiger partial charge in [0.1, 0.15) is 0 Å². The SMILES string of the molecule is c1ccc2c(c1)C1Cc3ccsc3C2C1. The molecule has 0 N–H and O–H groups in total. The number of fused-ring (bicyclic) bond motifs is 7. The van der Waals surface area contributed by atoms with E-state index in [2.05, 4.69) is 35.7 Å². The number of benzene rings is 1. The minimum Gasteiger partial charge on any atom is -0.148 e. The standard InChI is InChI=1S/C14H12S/c1-2-4-12-11(3-1)10-7-9-5-6-15-14(9)13(12)8-10/h1-6,10,13H,7-8H2. The molecule has 4 rings (SSSR count). The Hall–Kier alpha value is -1.08. The first-order chi connectivity index (χ1) is 7.43. The van der Waals surface area contributed by atoms with Gasteiger partial charge in [-0.3, -0.25) is 0 Å². The summed E-state index contributed by atoms with van der Waals surface area (Å²) in [5.74, 6) is 1.52. The summed E-state index contributed by atoms with van der Waals surface area (Å²) in [5, 5.41) is 2.26. The van der Waals surface area contributed by atoms with Crippen LogP contribution in [0.1, 0.15) is 39.8 Å². The van der Waals surface area contributed by atoms with Gasteiger partial charge in [-0.2, -0.15) is 0 Å². The van der Waals surface area contributed by atoms with Gasteiger partial charge in [0.2, 0.25) is 0 Å². The lowest BCUT2D eigenvalue weighted by Crippen LogP contribution is -2.06. The van der Waals surface area contributed by atoms with Gasteiger partial charge in [0.25, 0.3) is 0 Å². The summed E-state index contributed by atoms with van der Waals surface area (Å²) < 4.78 is 0. The second kappa shape index (κ2) is 2.73. The van der Waals surface area contributed by atoms with Crippen molar-refractivity contribution < 1.29 is 0 Å². The normalized spacial score (nSPS) is 26.1. The molecular formula is C14H12S. The van der Waals surface area contributed by atoms with Crippen molar-refractivity contribution in [3.63, 3.8) is 0 Å². The largest absolute Gasteiger partial charge is 0.148 e. The quantitative estimate of drug-likeness (QED) is 0.621. The van der Waals surface area contributed by atoms with Crippen LogP contribution in [0.2, 0.25) is 0 Å². The van der Waals surface area contributed by atoms with E-state index in [4.69, 9.17) is 0 Å². The first kappa shape index (κ1) is 8.12. The topological polar surface area (TPSA) is 0 Å². The first-order valence-corrected chi connectivity index (χ1v) is 6.46. The monoisotopic (exact) mass is 212 g/mol. The molecular weight excluding hydrogens is 200 g/mol. The summed E-state index contributed by atoms with van der Waals surface area (Å²) in [7, 11) is 0. The van der Waals surface area contributed by atoms with E-state index >= 15 is 0 Å². The van der Waals surface area contributed by atoms with E-state index in [0.717, 1.165) is 11.8 Å². The summed E-state index contributed by atoms with van der Waals surface area (Å²) in [5.41, 5.74) is 4.83. The Bertz CT molecular complexity index is 524. The van der Waals surface area contributed by atoms with Crippen molar-refractivity contribution in [2.24, 2.45) is 0 Å². The lowest BCUT2D eigenvalue weighted by Gasteiger charge is -2.19. The molecule has 2 atom stereocenters. The molecule has 2 aliphatic rings. The Morgan fingerprint density at radius 2 is 1.93 bits per heavy atom. The van der Waals surface area contributed by atoms with Gasteiger partial charge in [0.05, 0.1) is 0 Å². The van der Waals surface area contributed by atoms with Gasteiger partial charge in [0, 0.05) is 10.8 Å². The Kier molecular flexibility index (Phi) is 1.48. The molecule has 0 aliphatic heterocycles. The van der Waals surface area contributed by atoms with Crippen molar-refractivity contribution in [1.82, 2.24) is 0 Å². The van der Waals surface area contributed by atoms with Crippen molar-refractivity contribution in [3.8, 4) is 0 Å². The van der Waals surface area contributed by atoms with Gasteiger partial charge in [-0.15, -0.1) is 11.3 Å². The fraction of sp³-hybridized carbons (Fsp3) is 0.286. The minimum atomic E-state index is 0.718. The molecule has 0 nitrogen and oxygen atoms in total. The van der Waals surface area contributed by atoms with Crippen LogP contribution in [-0.4, -0.2) is 0 Å². The lowest BCUT2D eigenvalue weighted by molar-refractivity contribution is 0.602. The molecule has 2 aromatic rings. The fourth-order valence-electron chi connectivity index (χ4n) is 3.27. The van der Waals surface area contributed by atoms with Crippen LogP contribution >= 0.6 is 11.3 Å². The van der Waals surface area contributed by atoms with E-state index in [0.29, 0.717) is 0 Å². The third-order valence-corrected chi connectivity index (χ3v) is 4.97. The fourth-order valence-corrected chi connectivity index (χ4v) is 4.34. The molecule has 1 heterocycles. The highest BCUT2D eigenvalue weighted by atomic mass is 32.1. The minimum absolute atomic E-state index is 0.718. The third-order valence-electron chi connectivity index (χ3n) is 3.89. The van der Waals surface area contributed by atoms with Gasteiger partial charge in [-0.05, 0) is 46.9 Å². The van der Waals surface area contributed by atoms with Crippen molar-refractivity contribution in [2.75, 3.05) is 0 Å². The molecule has 2 aliphatic carbocycles. The Morgan fingerprint density at radius 1 is 1.07 bits per heavy atom. The Morgan fingerprint density at radius 3 is 2.87 bits per heavy atom. The molecule has 0 amide bonds. The van der Waals surface area contributed by atoms with E-state index < -0.39 is 0 Å². The molecule has 0 saturated heterocycles. The van der Waals surface area contributed by atoms with Crippen LogP contribution in [0, 0.1) is 0 Å². The molecule has 0 radical (unpaired) electrons. The van der Waals surface area contributed by atoms with Crippen LogP contribution in [0.3, 0.4) is 0 Å². The summed E-state index contributed by atoms with van der Waals surface area (Å²) in [6.07, 6.45) is 2.62. The van der Waals surface area contributed by atoms with E-state index in [9.17, 15) is 0 Å². The van der Waals surface area contributed by atoms with Crippen molar-refractivity contribution in [2.45, 2.75) is 24.7 Å². The second-order valence-corrected chi connectivity index (χ2v) is 5.58. The van der Waals surface area contributed by atoms with Gasteiger partial charge >= 0.3 is 0 Å².